The topological polar surface area (TPSA) is 79.3 Å². The fraction of sp³-hybridized carbons (Fsp3) is 0.320. The summed E-state index contributed by atoms with van der Waals surface area (Å²) in [5, 5.41) is 6.18. The van der Waals surface area contributed by atoms with Crippen LogP contribution in [0.1, 0.15) is 56.1 Å². The summed E-state index contributed by atoms with van der Waals surface area (Å²) in [5.74, 6) is -1.47. The number of anilines is 1. The van der Waals surface area contributed by atoms with E-state index in [1.54, 1.807) is 25.3 Å². The van der Waals surface area contributed by atoms with Crippen LogP contribution in [0.5, 0.6) is 0 Å². The smallest absolute Gasteiger partial charge is 0.350 e. The number of nitrogens with one attached hydrogen (secondary N) is 2. The minimum absolute atomic E-state index is 0.0276. The molecule has 0 fully saturated rings. The zero-order chi connectivity index (χ0) is 28.5. The molecule has 1 aliphatic rings. The molecule has 1 aliphatic heterocycles. The van der Waals surface area contributed by atoms with Crippen molar-refractivity contribution in [1.82, 2.24) is 19.8 Å². The molecular formula is C25H23F6N5O2S. The number of fused-ring (bicyclic) bond motifs is 1. The van der Waals surface area contributed by atoms with Gasteiger partial charge < -0.3 is 10.2 Å². The molecule has 14 heteroatoms. The Morgan fingerprint density at radius 2 is 1.69 bits per heavy atom. The number of carbonyl (C=O) groups excluding carboxylic acids is 2. The van der Waals surface area contributed by atoms with E-state index in [1.807, 2.05) is 0 Å². The molecule has 4 rings (SSSR count). The summed E-state index contributed by atoms with van der Waals surface area (Å²) >= 11 is 1.13. The molecule has 0 bridgehead atoms. The number of alkyl halides is 6. The fourth-order valence-electron chi connectivity index (χ4n) is 4.31. The highest BCUT2D eigenvalue weighted by atomic mass is 32.2. The van der Waals surface area contributed by atoms with Crippen molar-refractivity contribution < 1.29 is 35.9 Å². The van der Waals surface area contributed by atoms with E-state index in [0.29, 0.717) is 11.1 Å². The van der Waals surface area contributed by atoms with Crippen LogP contribution in [0.25, 0.3) is 0 Å². The zero-order valence-corrected chi connectivity index (χ0v) is 21.5. The second kappa shape index (κ2) is 10.8. The molecule has 7 nitrogen and oxygen atoms in total. The molecule has 1 aromatic heterocycles. The molecule has 0 spiro atoms. The van der Waals surface area contributed by atoms with Gasteiger partial charge in [-0.05, 0) is 42.3 Å². The van der Waals surface area contributed by atoms with Crippen LogP contribution in [0.2, 0.25) is 0 Å². The summed E-state index contributed by atoms with van der Waals surface area (Å²) in [6.45, 7) is 1.61. The normalized spacial score (nSPS) is 14.2. The van der Waals surface area contributed by atoms with Crippen LogP contribution in [0.3, 0.4) is 0 Å². The zero-order valence-electron chi connectivity index (χ0n) is 20.7. The van der Waals surface area contributed by atoms with Gasteiger partial charge in [0.25, 0.3) is 11.8 Å². The van der Waals surface area contributed by atoms with Crippen molar-refractivity contribution >= 4 is 29.6 Å². The SMILES string of the molecule is CSNC(=O)c1ccc(C(C)NC(=O)c2c(C(F)(F)F)nn3c2N(Cc2cccc(C(F)(F)F)c2)CC3)cc1. The van der Waals surface area contributed by atoms with Gasteiger partial charge in [0.1, 0.15) is 11.4 Å². The lowest BCUT2D eigenvalue weighted by Crippen LogP contribution is -2.31. The Bertz CT molecular complexity index is 1370. The lowest BCUT2D eigenvalue weighted by Gasteiger charge is -2.21. The van der Waals surface area contributed by atoms with Crippen molar-refractivity contribution in [3.63, 3.8) is 0 Å². The lowest BCUT2D eigenvalue weighted by atomic mass is 10.0. The van der Waals surface area contributed by atoms with Crippen LogP contribution in [-0.4, -0.2) is 34.4 Å². The molecule has 2 N–H and O–H groups in total. The van der Waals surface area contributed by atoms with Gasteiger partial charge in [0.15, 0.2) is 5.69 Å². The minimum atomic E-state index is -4.94. The summed E-state index contributed by atoms with van der Waals surface area (Å²) in [7, 11) is 0. The molecule has 2 heterocycles. The molecule has 1 atom stereocenters. The Labute approximate surface area is 223 Å². The van der Waals surface area contributed by atoms with Crippen molar-refractivity contribution in [2.75, 3.05) is 17.7 Å². The second-order valence-corrected chi connectivity index (χ2v) is 9.45. The average Bonchev–Trinajstić information content (AvgIpc) is 3.44. The highest BCUT2D eigenvalue weighted by molar-refractivity contribution is 7.97. The highest BCUT2D eigenvalue weighted by Crippen LogP contribution is 2.39. The standard InChI is InChI=1S/C25H23F6N5O2S/c1-14(16-6-8-17(9-7-16)21(37)34-39-2)32-22(38)19-20(25(29,30)31)33-36-11-10-35(23(19)36)13-15-4-3-5-18(12-15)24(26,27)28/h3-9,12,14H,10-11,13H2,1-2H3,(H,32,38)(H,34,37). The number of hydrogen-bond donors (Lipinski definition) is 2. The number of benzene rings is 2. The van der Waals surface area contributed by atoms with Gasteiger partial charge in [0.2, 0.25) is 0 Å². The number of aromatic nitrogens is 2. The second-order valence-electron chi connectivity index (χ2n) is 8.84. The quantitative estimate of drug-likeness (QED) is 0.292. The molecule has 0 radical (unpaired) electrons. The van der Waals surface area contributed by atoms with Crippen LogP contribution < -0.4 is 14.9 Å². The van der Waals surface area contributed by atoms with Gasteiger partial charge >= 0.3 is 12.4 Å². The largest absolute Gasteiger partial charge is 0.436 e. The van der Waals surface area contributed by atoms with Gasteiger partial charge in [-0.2, -0.15) is 31.4 Å². The molecule has 3 aromatic rings. The lowest BCUT2D eigenvalue weighted by molar-refractivity contribution is -0.142. The molecule has 0 aliphatic carbocycles. The van der Waals surface area contributed by atoms with Gasteiger partial charge in [0.05, 0.1) is 18.2 Å². The third kappa shape index (κ3) is 6.15. The number of halogens is 6. The number of hydrogen-bond acceptors (Lipinski definition) is 5. The van der Waals surface area contributed by atoms with Crippen molar-refractivity contribution in [1.29, 1.82) is 0 Å². The van der Waals surface area contributed by atoms with Gasteiger partial charge in [-0.15, -0.1) is 0 Å². The maximum atomic E-state index is 13.9. The van der Waals surface area contributed by atoms with Crippen LogP contribution in [-0.2, 0) is 25.4 Å². The van der Waals surface area contributed by atoms with Gasteiger partial charge in [0, 0.05) is 24.9 Å². The van der Waals surface area contributed by atoms with Crippen LogP contribution in [0, 0.1) is 0 Å². The maximum Gasteiger partial charge on any atom is 0.436 e. The van der Waals surface area contributed by atoms with Crippen LogP contribution in [0.15, 0.2) is 48.5 Å². The van der Waals surface area contributed by atoms with E-state index in [2.05, 4.69) is 15.1 Å². The molecule has 2 amide bonds. The monoisotopic (exact) mass is 571 g/mol. The predicted octanol–water partition coefficient (Wildman–Crippen LogP) is 5.44. The minimum Gasteiger partial charge on any atom is -0.350 e. The molecule has 1 unspecified atom stereocenters. The number of nitrogens with zero attached hydrogens (tertiary/aromatic N) is 3. The van der Waals surface area contributed by atoms with Gasteiger partial charge in [-0.1, -0.05) is 36.2 Å². The van der Waals surface area contributed by atoms with Crippen molar-refractivity contribution in [3.05, 3.63) is 82.0 Å². The van der Waals surface area contributed by atoms with Crippen molar-refractivity contribution in [3.8, 4) is 0 Å². The first-order chi connectivity index (χ1) is 18.3. The Hall–Kier alpha value is -3.68. The van der Waals surface area contributed by atoms with E-state index in [1.165, 1.54) is 29.2 Å². The summed E-state index contributed by atoms with van der Waals surface area (Å²) in [5.41, 5.74) is -1.83. The van der Waals surface area contributed by atoms with Crippen molar-refractivity contribution in [2.45, 2.75) is 38.4 Å². The van der Waals surface area contributed by atoms with E-state index in [0.717, 1.165) is 28.8 Å². The number of carbonyl (C=O) groups is 2. The number of amides is 2. The highest BCUT2D eigenvalue weighted by Gasteiger charge is 2.44. The molecule has 208 valence electrons. The summed E-state index contributed by atoms with van der Waals surface area (Å²) in [4.78, 5) is 26.6. The fourth-order valence-corrected chi connectivity index (χ4v) is 4.61. The van der Waals surface area contributed by atoms with E-state index in [9.17, 15) is 35.9 Å². The predicted molar refractivity (Wildman–Crippen MR) is 133 cm³/mol. The van der Waals surface area contributed by atoms with Crippen molar-refractivity contribution in [2.24, 2.45) is 0 Å². The molecule has 2 aromatic carbocycles. The summed E-state index contributed by atoms with van der Waals surface area (Å²) in [6, 6.07) is 9.96. The third-order valence-corrected chi connectivity index (χ3v) is 6.53. The molecule has 0 saturated heterocycles. The first-order valence-corrected chi connectivity index (χ1v) is 12.8. The van der Waals surface area contributed by atoms with E-state index >= 15 is 0 Å². The summed E-state index contributed by atoms with van der Waals surface area (Å²) in [6.07, 6.45) is -7.83. The molecular weight excluding hydrogens is 548 g/mol. The maximum absolute atomic E-state index is 13.9. The first-order valence-electron chi connectivity index (χ1n) is 11.6. The van der Waals surface area contributed by atoms with Gasteiger partial charge in [-0.3, -0.25) is 14.3 Å². The van der Waals surface area contributed by atoms with Gasteiger partial charge in [-0.25, -0.2) is 4.68 Å². The van der Waals surface area contributed by atoms with E-state index in [4.69, 9.17) is 0 Å². The Kier molecular flexibility index (Phi) is 7.87. The third-order valence-electron chi connectivity index (χ3n) is 6.15. The Balaban J connectivity index is 1.61. The Morgan fingerprint density at radius 1 is 1.00 bits per heavy atom. The summed E-state index contributed by atoms with van der Waals surface area (Å²) < 4.78 is 84.8. The van der Waals surface area contributed by atoms with E-state index in [-0.39, 0.29) is 36.9 Å². The Morgan fingerprint density at radius 3 is 2.31 bits per heavy atom. The number of rotatable bonds is 7. The van der Waals surface area contributed by atoms with E-state index < -0.39 is 41.1 Å². The molecule has 39 heavy (non-hydrogen) atoms. The molecule has 0 saturated carbocycles. The van der Waals surface area contributed by atoms with Crippen LogP contribution in [0.4, 0.5) is 32.2 Å². The first kappa shape index (κ1) is 28.3. The average molecular weight is 572 g/mol. The van der Waals surface area contributed by atoms with Crippen LogP contribution >= 0.6 is 11.9 Å².